The fourth-order valence-electron chi connectivity index (χ4n) is 1.44. The Balaban J connectivity index is 0.000000360. The molecule has 0 heterocycles. The van der Waals surface area contributed by atoms with Crippen LogP contribution >= 0.6 is 0 Å². The molecule has 0 aliphatic rings. The zero-order chi connectivity index (χ0) is 14.1. The molecular weight excluding hydrogens is 230 g/mol. The highest BCUT2D eigenvalue weighted by atomic mass is 16.4. The van der Waals surface area contributed by atoms with Crippen LogP contribution in [0.4, 0.5) is 0 Å². The minimum atomic E-state index is -1.41. The van der Waals surface area contributed by atoms with Crippen molar-refractivity contribution in [1.82, 2.24) is 5.32 Å². The number of nitrogens with one attached hydrogen (secondary N) is 1. The lowest BCUT2D eigenvalue weighted by Crippen LogP contribution is -2.29. The first kappa shape index (κ1) is 16.6. The number of aliphatic hydroxyl groups excluding tert-OH is 1. The first-order chi connectivity index (χ1) is 8.34. The van der Waals surface area contributed by atoms with E-state index in [9.17, 15) is 4.79 Å². The highest BCUT2D eigenvalue weighted by molar-refractivity contribution is 5.73. The van der Waals surface area contributed by atoms with Crippen molar-refractivity contribution < 1.29 is 15.0 Å². The molecule has 0 radical (unpaired) electrons. The highest BCUT2D eigenvalue weighted by Gasteiger charge is 2.14. The number of carbonyl (C=O) groups is 1. The van der Waals surface area contributed by atoms with Gasteiger partial charge in [-0.15, -0.1) is 0 Å². The van der Waals surface area contributed by atoms with Gasteiger partial charge in [0.1, 0.15) is 0 Å². The van der Waals surface area contributed by atoms with Gasteiger partial charge in [-0.05, 0) is 5.56 Å². The Morgan fingerprint density at radius 1 is 1.06 bits per heavy atom. The minimum absolute atomic E-state index is 0.403. The summed E-state index contributed by atoms with van der Waals surface area (Å²) >= 11 is 0. The number of carboxylic acid groups (broad SMARTS) is 1. The van der Waals surface area contributed by atoms with Crippen molar-refractivity contribution >= 4 is 5.97 Å². The Labute approximate surface area is 109 Å². The number of hydrogen-bond donors (Lipinski definition) is 3. The van der Waals surface area contributed by atoms with Crippen molar-refractivity contribution in [3.05, 3.63) is 35.9 Å². The molecule has 4 heteroatoms. The summed E-state index contributed by atoms with van der Waals surface area (Å²) in [6.45, 7) is 8.61. The van der Waals surface area contributed by atoms with Crippen molar-refractivity contribution in [2.45, 2.75) is 45.9 Å². The van der Waals surface area contributed by atoms with Crippen LogP contribution in [-0.4, -0.2) is 28.3 Å². The van der Waals surface area contributed by atoms with E-state index in [2.05, 4.69) is 33.0 Å². The molecule has 0 aromatic heterocycles. The van der Waals surface area contributed by atoms with Gasteiger partial charge in [0.2, 0.25) is 0 Å². The molecule has 0 bridgehead atoms. The average molecular weight is 253 g/mol. The second kappa shape index (κ2) is 8.66. The second-order valence-electron chi connectivity index (χ2n) is 4.63. The van der Waals surface area contributed by atoms with Gasteiger partial charge in [-0.25, -0.2) is 4.79 Å². The summed E-state index contributed by atoms with van der Waals surface area (Å²) in [5, 5.41) is 20.7. The van der Waals surface area contributed by atoms with Gasteiger partial charge in [0.05, 0.1) is 0 Å². The van der Waals surface area contributed by atoms with Crippen LogP contribution in [0.2, 0.25) is 0 Å². The highest BCUT2D eigenvalue weighted by Crippen LogP contribution is 2.10. The van der Waals surface area contributed by atoms with E-state index < -0.39 is 12.1 Å². The Morgan fingerprint density at radius 3 is 1.78 bits per heavy atom. The van der Waals surface area contributed by atoms with E-state index in [1.165, 1.54) is 0 Å². The fraction of sp³-hybridized carbons (Fsp3) is 0.500. The third kappa shape index (κ3) is 7.81. The molecule has 1 unspecified atom stereocenters. The molecule has 0 amide bonds. The minimum Gasteiger partial charge on any atom is -0.479 e. The third-order valence-corrected chi connectivity index (χ3v) is 2.02. The van der Waals surface area contributed by atoms with Crippen molar-refractivity contribution in [2.75, 3.05) is 0 Å². The number of aliphatic hydroxyl groups is 1. The summed E-state index contributed by atoms with van der Waals surface area (Å²) in [6, 6.07) is 9.51. The van der Waals surface area contributed by atoms with Gasteiger partial charge in [-0.3, -0.25) is 0 Å². The van der Waals surface area contributed by atoms with E-state index in [4.69, 9.17) is 10.2 Å². The second-order valence-corrected chi connectivity index (χ2v) is 4.63. The van der Waals surface area contributed by atoms with E-state index >= 15 is 0 Å². The molecule has 0 saturated heterocycles. The maximum absolute atomic E-state index is 10.2. The molecule has 4 nitrogen and oxygen atoms in total. The summed E-state index contributed by atoms with van der Waals surface area (Å²) in [4.78, 5) is 10.2. The topological polar surface area (TPSA) is 69.6 Å². The molecule has 1 atom stereocenters. The van der Waals surface area contributed by atoms with Crippen LogP contribution in [0.5, 0.6) is 0 Å². The first-order valence-electron chi connectivity index (χ1n) is 6.06. The quantitative estimate of drug-likeness (QED) is 0.769. The van der Waals surface area contributed by atoms with Crippen molar-refractivity contribution in [3.63, 3.8) is 0 Å². The van der Waals surface area contributed by atoms with Gasteiger partial charge < -0.3 is 15.5 Å². The molecule has 0 aliphatic heterocycles. The zero-order valence-electron chi connectivity index (χ0n) is 11.4. The zero-order valence-corrected chi connectivity index (χ0v) is 11.4. The predicted octanol–water partition coefficient (Wildman–Crippen LogP) is 2.20. The van der Waals surface area contributed by atoms with E-state index in [0.717, 1.165) is 0 Å². The summed E-state index contributed by atoms with van der Waals surface area (Å²) < 4.78 is 0. The normalized spacial score (nSPS) is 11.9. The Kier molecular flexibility index (Phi) is 8.00. The van der Waals surface area contributed by atoms with E-state index in [1.807, 2.05) is 0 Å². The Morgan fingerprint density at radius 2 is 1.50 bits per heavy atom. The summed E-state index contributed by atoms with van der Waals surface area (Å²) in [6.07, 6.45) is -1.41. The van der Waals surface area contributed by atoms with Gasteiger partial charge in [0, 0.05) is 12.1 Å². The van der Waals surface area contributed by atoms with Crippen molar-refractivity contribution in [1.29, 1.82) is 0 Å². The Bertz CT molecular complexity index is 330. The maximum Gasteiger partial charge on any atom is 0.337 e. The molecule has 18 heavy (non-hydrogen) atoms. The lowest BCUT2D eigenvalue weighted by molar-refractivity contribution is -0.146. The summed E-state index contributed by atoms with van der Waals surface area (Å²) in [5.41, 5.74) is 0.403. The van der Waals surface area contributed by atoms with Gasteiger partial charge in [-0.1, -0.05) is 58.0 Å². The van der Waals surface area contributed by atoms with Gasteiger partial charge in [0.25, 0.3) is 0 Å². The standard InChI is InChI=1S/C8H8O3.C6H15N/c9-7(8(10)11)6-4-2-1-3-5-6;1-5(2)7-6(3)4/h1-5,7,9H,(H,10,11);5-7H,1-4H3. The first-order valence-corrected chi connectivity index (χ1v) is 6.06. The van der Waals surface area contributed by atoms with Gasteiger partial charge in [0.15, 0.2) is 6.10 Å². The lowest BCUT2D eigenvalue weighted by Gasteiger charge is -2.10. The molecule has 0 fully saturated rings. The van der Waals surface area contributed by atoms with Gasteiger partial charge >= 0.3 is 5.97 Å². The smallest absolute Gasteiger partial charge is 0.337 e. The SMILES string of the molecule is CC(C)NC(C)C.O=C(O)C(O)c1ccccc1. The molecule has 1 aromatic rings. The molecule has 1 rings (SSSR count). The summed E-state index contributed by atoms with van der Waals surface area (Å²) in [5.74, 6) is -1.23. The van der Waals surface area contributed by atoms with Gasteiger partial charge in [-0.2, -0.15) is 0 Å². The number of rotatable bonds is 4. The number of hydrogen-bond acceptors (Lipinski definition) is 3. The van der Waals surface area contributed by atoms with Crippen LogP contribution < -0.4 is 5.32 Å². The van der Waals surface area contributed by atoms with Crippen molar-refractivity contribution in [2.24, 2.45) is 0 Å². The fourth-order valence-corrected chi connectivity index (χ4v) is 1.44. The van der Waals surface area contributed by atoms with Crippen LogP contribution in [0.3, 0.4) is 0 Å². The van der Waals surface area contributed by atoms with E-state index in [0.29, 0.717) is 17.6 Å². The largest absolute Gasteiger partial charge is 0.479 e. The number of aliphatic carboxylic acids is 1. The number of carboxylic acids is 1. The van der Waals surface area contributed by atoms with Crippen LogP contribution in [-0.2, 0) is 4.79 Å². The van der Waals surface area contributed by atoms with E-state index in [1.54, 1.807) is 30.3 Å². The Hall–Kier alpha value is -1.39. The molecule has 1 aromatic carbocycles. The van der Waals surface area contributed by atoms with Crippen LogP contribution in [0.15, 0.2) is 30.3 Å². The molecule has 0 aliphatic carbocycles. The monoisotopic (exact) mass is 253 g/mol. The lowest BCUT2D eigenvalue weighted by atomic mass is 10.1. The molecule has 102 valence electrons. The van der Waals surface area contributed by atoms with E-state index in [-0.39, 0.29) is 0 Å². The molecular formula is C14H23NO3. The van der Waals surface area contributed by atoms with Crippen LogP contribution in [0, 0.1) is 0 Å². The third-order valence-electron chi connectivity index (χ3n) is 2.02. The summed E-state index contributed by atoms with van der Waals surface area (Å²) in [7, 11) is 0. The van der Waals surface area contributed by atoms with Crippen molar-refractivity contribution in [3.8, 4) is 0 Å². The molecule has 0 saturated carbocycles. The van der Waals surface area contributed by atoms with Crippen LogP contribution in [0.1, 0.15) is 39.4 Å². The molecule has 3 N–H and O–H groups in total. The van der Waals surface area contributed by atoms with Crippen LogP contribution in [0.25, 0.3) is 0 Å². The average Bonchev–Trinajstić information content (AvgIpc) is 2.28. The number of benzene rings is 1. The maximum atomic E-state index is 10.2. The predicted molar refractivity (Wildman–Crippen MR) is 72.4 cm³/mol. The molecule has 0 spiro atoms.